The SMILES string of the molecule is CCOC(=O)NC(=O)N1COCCN1C(=S)NC(C)C. The maximum atomic E-state index is 12.0. The van der Waals surface area contributed by atoms with Gasteiger partial charge in [0.15, 0.2) is 5.11 Å². The van der Waals surface area contributed by atoms with Crippen molar-refractivity contribution in [3.8, 4) is 0 Å². The Labute approximate surface area is 123 Å². The van der Waals surface area contributed by atoms with E-state index in [1.54, 1.807) is 11.9 Å². The number of nitrogens with zero attached hydrogens (tertiary/aromatic N) is 2. The fraction of sp³-hybridized carbons (Fsp3) is 0.727. The number of ether oxygens (including phenoxy) is 2. The van der Waals surface area contributed by atoms with E-state index < -0.39 is 12.1 Å². The van der Waals surface area contributed by atoms with Crippen LogP contribution < -0.4 is 10.6 Å². The van der Waals surface area contributed by atoms with E-state index in [1.807, 2.05) is 13.8 Å². The molecule has 0 bridgehead atoms. The Morgan fingerprint density at radius 1 is 1.40 bits per heavy atom. The van der Waals surface area contributed by atoms with Gasteiger partial charge in [0.2, 0.25) is 0 Å². The first-order valence-electron chi connectivity index (χ1n) is 6.36. The monoisotopic (exact) mass is 304 g/mol. The highest BCUT2D eigenvalue weighted by Crippen LogP contribution is 2.07. The van der Waals surface area contributed by atoms with Gasteiger partial charge in [0, 0.05) is 6.04 Å². The first-order chi connectivity index (χ1) is 9.45. The van der Waals surface area contributed by atoms with Gasteiger partial charge in [-0.15, -0.1) is 0 Å². The number of carbonyl (C=O) groups excluding carboxylic acids is 2. The molecule has 1 heterocycles. The van der Waals surface area contributed by atoms with Gasteiger partial charge in [-0.05, 0) is 33.0 Å². The van der Waals surface area contributed by atoms with Crippen molar-refractivity contribution in [2.45, 2.75) is 26.8 Å². The van der Waals surface area contributed by atoms with Gasteiger partial charge in [0.05, 0.1) is 19.8 Å². The van der Waals surface area contributed by atoms with Gasteiger partial charge in [-0.3, -0.25) is 5.01 Å². The van der Waals surface area contributed by atoms with Crippen LogP contribution in [0.3, 0.4) is 0 Å². The number of hydrogen-bond donors (Lipinski definition) is 2. The number of hydrazine groups is 1. The predicted molar refractivity (Wildman–Crippen MR) is 75.8 cm³/mol. The van der Waals surface area contributed by atoms with Crippen LogP contribution in [0.2, 0.25) is 0 Å². The van der Waals surface area contributed by atoms with Gasteiger partial charge in [0.1, 0.15) is 6.73 Å². The molecule has 8 nitrogen and oxygen atoms in total. The summed E-state index contributed by atoms with van der Waals surface area (Å²) >= 11 is 5.23. The largest absolute Gasteiger partial charge is 0.450 e. The van der Waals surface area contributed by atoms with Gasteiger partial charge in [-0.2, -0.15) is 0 Å². The van der Waals surface area contributed by atoms with E-state index in [2.05, 4.69) is 15.4 Å². The van der Waals surface area contributed by atoms with Gasteiger partial charge in [-0.25, -0.2) is 19.9 Å². The second-order valence-electron chi connectivity index (χ2n) is 4.31. The number of rotatable bonds is 2. The zero-order valence-electron chi connectivity index (χ0n) is 11.8. The molecule has 3 amide bonds. The molecule has 114 valence electrons. The third-order valence-corrected chi connectivity index (χ3v) is 2.65. The Hall–Kier alpha value is -1.61. The van der Waals surface area contributed by atoms with Gasteiger partial charge in [-0.1, -0.05) is 0 Å². The Morgan fingerprint density at radius 2 is 2.10 bits per heavy atom. The lowest BCUT2D eigenvalue weighted by atomic mass is 10.4. The van der Waals surface area contributed by atoms with E-state index in [1.165, 1.54) is 5.01 Å². The van der Waals surface area contributed by atoms with Crippen LogP contribution in [0.1, 0.15) is 20.8 Å². The van der Waals surface area contributed by atoms with Gasteiger partial charge >= 0.3 is 12.1 Å². The molecule has 1 aliphatic rings. The smallest absolute Gasteiger partial charge is 0.415 e. The van der Waals surface area contributed by atoms with Gasteiger partial charge < -0.3 is 14.8 Å². The van der Waals surface area contributed by atoms with Crippen LogP contribution in [0, 0.1) is 0 Å². The molecule has 0 aromatic carbocycles. The van der Waals surface area contributed by atoms with Crippen molar-refractivity contribution in [2.24, 2.45) is 0 Å². The van der Waals surface area contributed by atoms with Crippen LogP contribution in [0.4, 0.5) is 9.59 Å². The Bertz CT molecular complexity index is 377. The summed E-state index contributed by atoms with van der Waals surface area (Å²) in [5, 5.41) is 8.33. The zero-order chi connectivity index (χ0) is 15.1. The number of imide groups is 1. The molecule has 0 spiro atoms. The second kappa shape index (κ2) is 7.85. The van der Waals surface area contributed by atoms with Crippen molar-refractivity contribution in [1.82, 2.24) is 20.7 Å². The number of urea groups is 1. The molecule has 0 aromatic rings. The maximum absolute atomic E-state index is 12.0. The number of alkyl carbamates (subject to hydrolysis) is 1. The van der Waals surface area contributed by atoms with Crippen molar-refractivity contribution in [3.05, 3.63) is 0 Å². The van der Waals surface area contributed by atoms with E-state index >= 15 is 0 Å². The van der Waals surface area contributed by atoms with E-state index in [4.69, 9.17) is 17.0 Å². The summed E-state index contributed by atoms with van der Waals surface area (Å²) < 4.78 is 9.87. The molecule has 0 saturated carbocycles. The van der Waals surface area contributed by atoms with Crippen LogP contribution >= 0.6 is 12.2 Å². The van der Waals surface area contributed by atoms with Crippen molar-refractivity contribution in [2.75, 3.05) is 26.5 Å². The van der Waals surface area contributed by atoms with Crippen LogP contribution in [0.15, 0.2) is 0 Å². The number of carbonyl (C=O) groups is 2. The van der Waals surface area contributed by atoms with Crippen molar-refractivity contribution in [1.29, 1.82) is 0 Å². The van der Waals surface area contributed by atoms with Crippen molar-refractivity contribution < 1.29 is 19.1 Å². The summed E-state index contributed by atoms with van der Waals surface area (Å²) in [5.41, 5.74) is 0. The molecule has 0 radical (unpaired) electrons. The topological polar surface area (TPSA) is 83.1 Å². The van der Waals surface area contributed by atoms with Crippen LogP contribution in [0.25, 0.3) is 0 Å². The van der Waals surface area contributed by atoms with E-state index in [-0.39, 0.29) is 19.4 Å². The number of amides is 3. The Morgan fingerprint density at radius 3 is 2.70 bits per heavy atom. The molecule has 0 aliphatic carbocycles. The molecule has 1 rings (SSSR count). The summed E-state index contributed by atoms with van der Waals surface area (Å²) in [6, 6.07) is -0.503. The number of hydrogen-bond acceptors (Lipinski definition) is 5. The highest BCUT2D eigenvalue weighted by molar-refractivity contribution is 7.80. The third kappa shape index (κ3) is 4.82. The quantitative estimate of drug-likeness (QED) is 0.724. The average Bonchev–Trinajstić information content (AvgIpc) is 2.38. The van der Waals surface area contributed by atoms with Crippen molar-refractivity contribution in [3.63, 3.8) is 0 Å². The molecular formula is C11H20N4O4S. The molecular weight excluding hydrogens is 284 g/mol. The second-order valence-corrected chi connectivity index (χ2v) is 4.70. The maximum Gasteiger partial charge on any atom is 0.415 e. The normalized spacial score (nSPS) is 15.0. The summed E-state index contributed by atoms with van der Waals surface area (Å²) in [6.07, 6.45) is -0.800. The first-order valence-corrected chi connectivity index (χ1v) is 6.77. The van der Waals surface area contributed by atoms with Crippen LogP contribution in [-0.4, -0.2) is 59.8 Å². The molecule has 1 saturated heterocycles. The Kier molecular flexibility index (Phi) is 6.46. The predicted octanol–water partition coefficient (Wildman–Crippen LogP) is 0.642. The summed E-state index contributed by atoms with van der Waals surface area (Å²) in [7, 11) is 0. The van der Waals surface area contributed by atoms with Crippen LogP contribution in [0.5, 0.6) is 0 Å². The molecule has 0 aromatic heterocycles. The fourth-order valence-electron chi connectivity index (χ4n) is 1.51. The molecule has 20 heavy (non-hydrogen) atoms. The Balaban J connectivity index is 2.65. The summed E-state index contributed by atoms with van der Waals surface area (Å²) in [5.74, 6) is 0. The highest BCUT2D eigenvalue weighted by Gasteiger charge is 2.28. The first kappa shape index (κ1) is 16.4. The lowest BCUT2D eigenvalue weighted by molar-refractivity contribution is -0.0875. The van der Waals surface area contributed by atoms with Crippen LogP contribution in [-0.2, 0) is 9.47 Å². The number of thiocarbonyl (C=S) groups is 1. The number of nitrogens with one attached hydrogen (secondary N) is 2. The van der Waals surface area contributed by atoms with Gasteiger partial charge in [0.25, 0.3) is 0 Å². The lowest BCUT2D eigenvalue weighted by Gasteiger charge is -2.39. The minimum Gasteiger partial charge on any atom is -0.450 e. The molecule has 9 heteroatoms. The summed E-state index contributed by atoms with van der Waals surface area (Å²) in [4.78, 5) is 23.3. The van der Waals surface area contributed by atoms with E-state index in [9.17, 15) is 9.59 Å². The molecule has 2 N–H and O–H groups in total. The average molecular weight is 304 g/mol. The van der Waals surface area contributed by atoms with Crippen molar-refractivity contribution >= 4 is 29.5 Å². The fourth-order valence-corrected chi connectivity index (χ4v) is 1.94. The highest BCUT2D eigenvalue weighted by atomic mass is 32.1. The molecule has 0 unspecified atom stereocenters. The molecule has 0 atom stereocenters. The minimum absolute atomic E-state index is 0.0190. The zero-order valence-corrected chi connectivity index (χ0v) is 12.7. The van der Waals surface area contributed by atoms with E-state index in [0.717, 1.165) is 0 Å². The molecule has 1 aliphatic heterocycles. The summed E-state index contributed by atoms with van der Waals surface area (Å²) in [6.45, 7) is 6.61. The lowest BCUT2D eigenvalue weighted by Crippen LogP contribution is -2.61. The minimum atomic E-state index is -0.800. The standard InChI is InChI=1S/C11H20N4O4S/c1-4-19-11(17)13-9(16)15-7-18-6-5-14(15)10(20)12-8(2)3/h8H,4-7H2,1-3H3,(H,12,20)(H,13,16,17). The van der Waals surface area contributed by atoms with E-state index in [0.29, 0.717) is 18.3 Å². The molecule has 1 fully saturated rings. The third-order valence-electron chi connectivity index (χ3n) is 2.32.